The van der Waals surface area contributed by atoms with Gasteiger partial charge in [-0.2, -0.15) is 13.2 Å². The average molecular weight is 475 g/mol. The van der Waals surface area contributed by atoms with Gasteiger partial charge in [0.05, 0.1) is 12.0 Å². The number of halogens is 3. The molecule has 4 rings (SSSR count). The number of hydrogen-bond acceptors (Lipinski definition) is 5. The van der Waals surface area contributed by atoms with Gasteiger partial charge in [-0.15, -0.1) is 0 Å². The van der Waals surface area contributed by atoms with E-state index in [2.05, 4.69) is 10.3 Å². The maximum Gasteiger partial charge on any atom is 0.435 e. The molecule has 1 fully saturated rings. The highest BCUT2D eigenvalue weighted by Crippen LogP contribution is 2.68. The number of nitrogens with zero attached hydrogens (tertiary/aromatic N) is 1. The number of thiazole rings is 1. The molecule has 2 aromatic carbocycles. The van der Waals surface area contributed by atoms with Crippen LogP contribution in [0.25, 0.3) is 0 Å². The quantitative estimate of drug-likeness (QED) is 0.467. The minimum absolute atomic E-state index is 0.0789. The number of carbonyl (C=O) groups excluding carboxylic acids is 2. The highest BCUT2D eigenvalue weighted by molar-refractivity contribution is 7.17. The Bertz CT molecular complexity index is 1140. The van der Waals surface area contributed by atoms with Crippen LogP contribution >= 0.6 is 11.3 Å². The Labute approximate surface area is 192 Å². The molecule has 0 spiro atoms. The number of hydrogen-bond donors (Lipinski definition) is 1. The van der Waals surface area contributed by atoms with Crippen LogP contribution in [0.15, 0.2) is 60.7 Å². The van der Waals surface area contributed by atoms with Gasteiger partial charge in [0.2, 0.25) is 5.91 Å². The summed E-state index contributed by atoms with van der Waals surface area (Å²) in [4.78, 5) is 28.2. The molecule has 1 aliphatic rings. The van der Waals surface area contributed by atoms with Crippen LogP contribution in [0.1, 0.15) is 46.8 Å². The van der Waals surface area contributed by atoms with Crippen LogP contribution in [0.2, 0.25) is 0 Å². The van der Waals surface area contributed by atoms with Crippen LogP contribution in [0, 0.1) is 5.41 Å². The first-order valence-electron chi connectivity index (χ1n) is 10.3. The Morgan fingerprint density at radius 3 is 2.09 bits per heavy atom. The first-order valence-corrected chi connectivity index (χ1v) is 11.1. The third kappa shape index (κ3) is 3.90. The lowest BCUT2D eigenvalue weighted by atomic mass is 9.80. The van der Waals surface area contributed by atoms with E-state index in [0.717, 1.165) is 11.1 Å². The molecule has 5 nitrogen and oxygen atoms in total. The third-order valence-electron chi connectivity index (χ3n) is 6.05. The smallest absolute Gasteiger partial charge is 0.435 e. The molecule has 1 amide bonds. The largest absolute Gasteiger partial charge is 0.462 e. The number of carbonyl (C=O) groups is 2. The van der Waals surface area contributed by atoms with Crippen LogP contribution in [0.3, 0.4) is 0 Å². The molecule has 1 saturated carbocycles. The fraction of sp³-hybridized carbons (Fsp3) is 0.292. The molecular formula is C24H21F3N2O3S. The maximum absolute atomic E-state index is 13.4. The highest BCUT2D eigenvalue weighted by Gasteiger charge is 2.70. The second kappa shape index (κ2) is 8.30. The fourth-order valence-corrected chi connectivity index (χ4v) is 5.22. The van der Waals surface area contributed by atoms with E-state index >= 15 is 0 Å². The summed E-state index contributed by atoms with van der Waals surface area (Å²) in [6.07, 6.45) is -4.38. The number of aromatic nitrogens is 1. The summed E-state index contributed by atoms with van der Waals surface area (Å²) in [5.41, 5.74) is -1.04. The first-order chi connectivity index (χ1) is 15.6. The maximum atomic E-state index is 13.4. The summed E-state index contributed by atoms with van der Waals surface area (Å²) < 4.78 is 45.0. The molecule has 0 saturated heterocycles. The number of alkyl halides is 3. The van der Waals surface area contributed by atoms with Gasteiger partial charge < -0.3 is 10.1 Å². The predicted molar refractivity (Wildman–Crippen MR) is 118 cm³/mol. The van der Waals surface area contributed by atoms with Crippen LogP contribution in [-0.4, -0.2) is 23.5 Å². The highest BCUT2D eigenvalue weighted by atomic mass is 32.1. The molecule has 1 unspecified atom stereocenters. The Kier molecular flexibility index (Phi) is 5.78. The van der Waals surface area contributed by atoms with Gasteiger partial charge in [0.15, 0.2) is 10.8 Å². The fourth-order valence-electron chi connectivity index (χ4n) is 4.35. The van der Waals surface area contributed by atoms with E-state index in [-0.39, 0.29) is 11.7 Å². The van der Waals surface area contributed by atoms with Crippen LogP contribution < -0.4 is 5.32 Å². The minimum Gasteiger partial charge on any atom is -0.462 e. The molecule has 3 aromatic rings. The summed E-state index contributed by atoms with van der Waals surface area (Å²) >= 11 is 0.461. The molecule has 1 N–H and O–H groups in total. The number of rotatable bonds is 6. The van der Waals surface area contributed by atoms with Gasteiger partial charge >= 0.3 is 12.1 Å². The molecule has 0 aliphatic heterocycles. The standard InChI is InChI=1S/C24H21F3N2O3S/c1-3-32-19(30)17-18(24(25,26)27)28-21(33-17)29-20(31)22(2)14-23(22,15-10-6-4-7-11-15)16-12-8-5-9-13-16/h4-13H,3,14H2,1-2H3,(H,28,29,31). The predicted octanol–water partition coefficient (Wildman–Crippen LogP) is 5.67. The summed E-state index contributed by atoms with van der Waals surface area (Å²) in [6.45, 7) is 3.20. The molecule has 1 aliphatic carbocycles. The van der Waals surface area contributed by atoms with E-state index in [1.807, 2.05) is 60.7 Å². The van der Waals surface area contributed by atoms with Gasteiger partial charge in [-0.05, 0) is 31.4 Å². The Balaban J connectivity index is 1.68. The Morgan fingerprint density at radius 1 is 1.06 bits per heavy atom. The van der Waals surface area contributed by atoms with Gasteiger partial charge in [-0.3, -0.25) is 4.79 Å². The molecule has 1 aromatic heterocycles. The monoisotopic (exact) mass is 474 g/mol. The zero-order chi connectivity index (χ0) is 23.9. The van der Waals surface area contributed by atoms with E-state index in [1.54, 1.807) is 6.92 Å². The Morgan fingerprint density at radius 2 is 1.61 bits per heavy atom. The normalized spacial score (nSPS) is 19.1. The second-order valence-corrected chi connectivity index (χ2v) is 9.01. The van der Waals surface area contributed by atoms with Crippen LogP contribution in [0.5, 0.6) is 0 Å². The number of amides is 1. The van der Waals surface area contributed by atoms with Crippen molar-refractivity contribution in [2.45, 2.75) is 31.9 Å². The average Bonchev–Trinajstić information content (AvgIpc) is 3.22. The van der Waals surface area contributed by atoms with E-state index in [9.17, 15) is 22.8 Å². The molecule has 0 bridgehead atoms. The number of benzene rings is 2. The SMILES string of the molecule is CCOC(=O)c1sc(NC(=O)C2(C)CC2(c2ccccc2)c2ccccc2)nc1C(F)(F)F. The molecule has 1 heterocycles. The molecule has 0 radical (unpaired) electrons. The van der Waals surface area contributed by atoms with Crippen LogP contribution in [-0.2, 0) is 21.1 Å². The van der Waals surface area contributed by atoms with Crippen molar-refractivity contribution in [3.05, 3.63) is 82.4 Å². The molecular weight excluding hydrogens is 453 g/mol. The zero-order valence-electron chi connectivity index (χ0n) is 17.9. The number of anilines is 1. The zero-order valence-corrected chi connectivity index (χ0v) is 18.7. The Hall–Kier alpha value is -3.20. The topological polar surface area (TPSA) is 68.3 Å². The van der Waals surface area contributed by atoms with Crippen molar-refractivity contribution in [3.63, 3.8) is 0 Å². The number of nitrogens with one attached hydrogen (secondary N) is 1. The summed E-state index contributed by atoms with van der Waals surface area (Å²) in [7, 11) is 0. The van der Waals surface area contributed by atoms with Crippen LogP contribution in [0.4, 0.5) is 18.3 Å². The van der Waals surface area contributed by atoms with Crippen molar-refractivity contribution in [1.82, 2.24) is 4.98 Å². The van der Waals surface area contributed by atoms with E-state index in [0.29, 0.717) is 17.8 Å². The van der Waals surface area contributed by atoms with E-state index in [1.165, 1.54) is 6.92 Å². The van der Waals surface area contributed by atoms with Gasteiger partial charge in [0, 0.05) is 5.41 Å². The van der Waals surface area contributed by atoms with Crippen molar-refractivity contribution >= 4 is 28.3 Å². The van der Waals surface area contributed by atoms with Crippen molar-refractivity contribution < 1.29 is 27.5 Å². The van der Waals surface area contributed by atoms with E-state index in [4.69, 9.17) is 4.74 Å². The van der Waals surface area contributed by atoms with Gasteiger partial charge in [0.25, 0.3) is 0 Å². The van der Waals surface area contributed by atoms with Crippen molar-refractivity contribution in [1.29, 1.82) is 0 Å². The van der Waals surface area contributed by atoms with Gasteiger partial charge in [-0.25, -0.2) is 9.78 Å². The molecule has 9 heteroatoms. The summed E-state index contributed by atoms with van der Waals surface area (Å²) in [5, 5.41) is 2.24. The van der Waals surface area contributed by atoms with Gasteiger partial charge in [0.1, 0.15) is 4.88 Å². The van der Waals surface area contributed by atoms with Crippen molar-refractivity contribution in [2.75, 3.05) is 11.9 Å². The lowest BCUT2D eigenvalue weighted by Crippen LogP contribution is -2.30. The molecule has 172 valence electrons. The molecule has 33 heavy (non-hydrogen) atoms. The van der Waals surface area contributed by atoms with Gasteiger partial charge in [-0.1, -0.05) is 72.0 Å². The summed E-state index contributed by atoms with van der Waals surface area (Å²) in [6, 6.07) is 19.1. The first kappa shape index (κ1) is 23.0. The lowest BCUT2D eigenvalue weighted by Gasteiger charge is -2.23. The van der Waals surface area contributed by atoms with Crippen molar-refractivity contribution in [3.8, 4) is 0 Å². The number of ether oxygens (including phenoxy) is 1. The van der Waals surface area contributed by atoms with E-state index < -0.39 is 39.5 Å². The molecule has 1 atom stereocenters. The summed E-state index contributed by atoms with van der Waals surface area (Å²) in [5.74, 6) is -1.59. The lowest BCUT2D eigenvalue weighted by molar-refractivity contribution is -0.141. The van der Waals surface area contributed by atoms with Crippen molar-refractivity contribution in [2.24, 2.45) is 5.41 Å². The third-order valence-corrected chi connectivity index (χ3v) is 7.00. The number of esters is 1. The second-order valence-electron chi connectivity index (χ2n) is 8.02. The minimum atomic E-state index is -4.86.